The Labute approximate surface area is 115 Å². The summed E-state index contributed by atoms with van der Waals surface area (Å²) in [6.07, 6.45) is 8.96. The minimum absolute atomic E-state index is 0.0629. The van der Waals surface area contributed by atoms with Crippen LogP contribution in [0.4, 0.5) is 5.82 Å². The number of rotatable bonds is 3. The molecule has 0 bridgehead atoms. The van der Waals surface area contributed by atoms with Crippen LogP contribution in [0, 0.1) is 0 Å². The molecule has 1 aromatic rings. The van der Waals surface area contributed by atoms with E-state index in [0.717, 1.165) is 11.6 Å². The third-order valence-electron chi connectivity index (χ3n) is 3.76. The fraction of sp³-hybridized carbons (Fsp3) is 0.733. The van der Waals surface area contributed by atoms with Crippen LogP contribution in [0.15, 0.2) is 10.9 Å². The first kappa shape index (κ1) is 14.1. The fourth-order valence-electron chi connectivity index (χ4n) is 2.63. The number of nitrogens with one attached hydrogen (secondary N) is 2. The quantitative estimate of drug-likeness (QED) is 0.878. The molecule has 1 fully saturated rings. The summed E-state index contributed by atoms with van der Waals surface area (Å²) in [7, 11) is 0. The molecule has 0 unspecified atom stereocenters. The van der Waals surface area contributed by atoms with Gasteiger partial charge in [0.15, 0.2) is 0 Å². The van der Waals surface area contributed by atoms with E-state index in [4.69, 9.17) is 0 Å². The van der Waals surface area contributed by atoms with Crippen molar-refractivity contribution in [3.8, 4) is 0 Å². The van der Waals surface area contributed by atoms with Crippen molar-refractivity contribution in [2.24, 2.45) is 0 Å². The number of H-pyrrole nitrogens is 1. The summed E-state index contributed by atoms with van der Waals surface area (Å²) in [5.74, 6) is 1.74. The van der Waals surface area contributed by atoms with Gasteiger partial charge in [0.2, 0.25) is 0 Å². The predicted octanol–water partition coefficient (Wildman–Crippen LogP) is 3.42. The molecule has 0 saturated heterocycles. The normalized spacial score (nSPS) is 18.1. The maximum atomic E-state index is 11.6. The van der Waals surface area contributed by atoms with Crippen molar-refractivity contribution in [1.82, 2.24) is 9.97 Å². The van der Waals surface area contributed by atoms with Crippen molar-refractivity contribution in [2.75, 3.05) is 5.32 Å². The summed E-state index contributed by atoms with van der Waals surface area (Å²) in [6, 6.07) is 2.04. The summed E-state index contributed by atoms with van der Waals surface area (Å²) in [6.45, 7) is 4.08. The maximum Gasteiger partial charge on any atom is 0.252 e. The first-order chi connectivity index (χ1) is 9.15. The van der Waals surface area contributed by atoms with Gasteiger partial charge in [-0.25, -0.2) is 4.98 Å². The molecule has 1 saturated carbocycles. The zero-order valence-electron chi connectivity index (χ0n) is 12.0. The van der Waals surface area contributed by atoms with E-state index in [9.17, 15) is 4.79 Å². The molecule has 2 N–H and O–H groups in total. The van der Waals surface area contributed by atoms with E-state index in [-0.39, 0.29) is 11.5 Å². The zero-order valence-corrected chi connectivity index (χ0v) is 12.0. The van der Waals surface area contributed by atoms with E-state index in [1.807, 2.05) is 13.8 Å². The van der Waals surface area contributed by atoms with Gasteiger partial charge in [0, 0.05) is 18.0 Å². The molecule has 0 aliphatic heterocycles. The zero-order chi connectivity index (χ0) is 13.7. The molecule has 0 radical (unpaired) electrons. The van der Waals surface area contributed by atoms with Gasteiger partial charge in [-0.2, -0.15) is 0 Å². The lowest BCUT2D eigenvalue weighted by atomic mass is 9.97. The number of aromatic amines is 1. The molecule has 1 aliphatic carbocycles. The number of nitrogens with zero attached hydrogens (tertiary/aromatic N) is 1. The third kappa shape index (κ3) is 4.37. The van der Waals surface area contributed by atoms with Gasteiger partial charge in [-0.3, -0.25) is 4.79 Å². The lowest BCUT2D eigenvalue weighted by Crippen LogP contribution is -2.23. The summed E-state index contributed by atoms with van der Waals surface area (Å²) in [5, 5.41) is 3.45. The van der Waals surface area contributed by atoms with Gasteiger partial charge in [0.05, 0.1) is 0 Å². The first-order valence-electron chi connectivity index (χ1n) is 7.53. The van der Waals surface area contributed by atoms with E-state index >= 15 is 0 Å². The lowest BCUT2D eigenvalue weighted by Gasteiger charge is -2.21. The number of hydrogen-bond acceptors (Lipinski definition) is 3. The van der Waals surface area contributed by atoms with Crippen molar-refractivity contribution in [2.45, 2.75) is 70.8 Å². The van der Waals surface area contributed by atoms with Gasteiger partial charge >= 0.3 is 0 Å². The van der Waals surface area contributed by atoms with Gasteiger partial charge in [-0.15, -0.1) is 0 Å². The van der Waals surface area contributed by atoms with Crippen molar-refractivity contribution >= 4 is 5.82 Å². The average Bonchev–Trinajstić information content (AvgIpc) is 2.31. The van der Waals surface area contributed by atoms with Crippen LogP contribution in [0.5, 0.6) is 0 Å². The molecule has 19 heavy (non-hydrogen) atoms. The molecule has 2 rings (SSSR count). The van der Waals surface area contributed by atoms with Gasteiger partial charge in [-0.05, 0) is 12.8 Å². The molecule has 0 aromatic carbocycles. The number of aromatic nitrogens is 2. The van der Waals surface area contributed by atoms with Gasteiger partial charge in [0.1, 0.15) is 11.6 Å². The Kier molecular flexibility index (Phi) is 5.00. The monoisotopic (exact) mass is 263 g/mol. The van der Waals surface area contributed by atoms with E-state index in [2.05, 4.69) is 15.3 Å². The molecule has 1 aromatic heterocycles. The minimum atomic E-state index is -0.0629. The fourth-order valence-corrected chi connectivity index (χ4v) is 2.63. The van der Waals surface area contributed by atoms with Crippen LogP contribution in [0.25, 0.3) is 0 Å². The summed E-state index contributed by atoms with van der Waals surface area (Å²) in [5.41, 5.74) is -0.0629. The van der Waals surface area contributed by atoms with Crippen LogP contribution >= 0.6 is 0 Å². The topological polar surface area (TPSA) is 57.8 Å². The summed E-state index contributed by atoms with van der Waals surface area (Å²) >= 11 is 0. The second kappa shape index (κ2) is 6.73. The van der Waals surface area contributed by atoms with Crippen LogP contribution in [0.2, 0.25) is 0 Å². The van der Waals surface area contributed by atoms with Gasteiger partial charge in [0.25, 0.3) is 5.56 Å². The Bertz CT molecular complexity index is 445. The van der Waals surface area contributed by atoms with Crippen LogP contribution in [0.3, 0.4) is 0 Å². The Morgan fingerprint density at radius 1 is 1.21 bits per heavy atom. The predicted molar refractivity (Wildman–Crippen MR) is 78.7 cm³/mol. The highest BCUT2D eigenvalue weighted by Crippen LogP contribution is 2.20. The van der Waals surface area contributed by atoms with Crippen molar-refractivity contribution < 1.29 is 0 Å². The van der Waals surface area contributed by atoms with E-state index in [1.54, 1.807) is 6.07 Å². The molecule has 4 nitrogen and oxygen atoms in total. The number of hydrogen-bond donors (Lipinski definition) is 2. The minimum Gasteiger partial charge on any atom is -0.367 e. The van der Waals surface area contributed by atoms with Gasteiger partial charge < -0.3 is 10.3 Å². The largest absolute Gasteiger partial charge is 0.367 e. The van der Waals surface area contributed by atoms with E-state index in [1.165, 1.54) is 44.9 Å². The Hall–Kier alpha value is -1.32. The Balaban J connectivity index is 2.06. The molecule has 1 aliphatic rings. The molecule has 1 heterocycles. The molecule has 0 amide bonds. The summed E-state index contributed by atoms with van der Waals surface area (Å²) in [4.78, 5) is 19.0. The Morgan fingerprint density at radius 2 is 1.84 bits per heavy atom. The maximum absolute atomic E-state index is 11.6. The molecule has 4 heteroatoms. The lowest BCUT2D eigenvalue weighted by molar-refractivity contribution is 0.470. The van der Waals surface area contributed by atoms with Crippen molar-refractivity contribution in [3.05, 3.63) is 22.2 Å². The molecule has 0 atom stereocenters. The average molecular weight is 263 g/mol. The molecule has 106 valence electrons. The van der Waals surface area contributed by atoms with Crippen LogP contribution in [0.1, 0.15) is 70.5 Å². The van der Waals surface area contributed by atoms with Crippen LogP contribution < -0.4 is 10.9 Å². The SMILES string of the molecule is CC(C)c1nc(NC2CCCCCCC2)cc(=O)[nH]1. The van der Waals surface area contributed by atoms with Crippen LogP contribution in [-0.4, -0.2) is 16.0 Å². The third-order valence-corrected chi connectivity index (χ3v) is 3.76. The highest BCUT2D eigenvalue weighted by Gasteiger charge is 2.13. The highest BCUT2D eigenvalue weighted by atomic mass is 16.1. The van der Waals surface area contributed by atoms with E-state index < -0.39 is 0 Å². The van der Waals surface area contributed by atoms with E-state index in [0.29, 0.717) is 6.04 Å². The second-order valence-electron chi connectivity index (χ2n) is 5.86. The van der Waals surface area contributed by atoms with Gasteiger partial charge in [-0.1, -0.05) is 46.0 Å². The summed E-state index contributed by atoms with van der Waals surface area (Å²) < 4.78 is 0. The standard InChI is InChI=1S/C15H25N3O/c1-11(2)15-17-13(10-14(19)18-15)16-12-8-6-4-3-5-7-9-12/h10-12H,3-9H2,1-2H3,(H2,16,17,18,19). The number of anilines is 1. The molecule has 0 spiro atoms. The second-order valence-corrected chi connectivity index (χ2v) is 5.86. The molecular weight excluding hydrogens is 238 g/mol. The smallest absolute Gasteiger partial charge is 0.252 e. The Morgan fingerprint density at radius 3 is 2.47 bits per heavy atom. The van der Waals surface area contributed by atoms with Crippen LogP contribution in [-0.2, 0) is 0 Å². The first-order valence-corrected chi connectivity index (χ1v) is 7.53. The molecular formula is C15H25N3O. The van der Waals surface area contributed by atoms with Crippen molar-refractivity contribution in [1.29, 1.82) is 0 Å². The highest BCUT2D eigenvalue weighted by molar-refractivity contribution is 5.34. The van der Waals surface area contributed by atoms with Crippen molar-refractivity contribution in [3.63, 3.8) is 0 Å².